The van der Waals surface area contributed by atoms with Crippen LogP contribution in [0.4, 0.5) is 0 Å². The summed E-state index contributed by atoms with van der Waals surface area (Å²) in [7, 11) is 1.38. The first kappa shape index (κ1) is 16.2. The molecular formula is C20H16N2O4. The largest absolute Gasteiger partial charge is 0.277 e. The molecule has 4 aromatic rings. The van der Waals surface area contributed by atoms with E-state index in [1.54, 1.807) is 0 Å². The predicted octanol–water partition coefficient (Wildman–Crippen LogP) is 1.31. The second-order valence-corrected chi connectivity index (χ2v) is 6.49. The van der Waals surface area contributed by atoms with Gasteiger partial charge >= 0.3 is 0 Å². The molecule has 0 saturated carbocycles. The zero-order chi connectivity index (χ0) is 18.7. The highest BCUT2D eigenvalue weighted by molar-refractivity contribution is 5.98. The molecule has 4 rings (SSSR count). The van der Waals surface area contributed by atoms with E-state index in [4.69, 9.17) is 0 Å². The van der Waals surface area contributed by atoms with Gasteiger partial charge in [-0.25, -0.2) is 4.57 Å². The monoisotopic (exact) mass is 348 g/mol. The molecule has 0 saturated heterocycles. The molecule has 0 aliphatic heterocycles. The fraction of sp³-hybridized carbons (Fsp3) is 0.200. The molecule has 26 heavy (non-hydrogen) atoms. The third kappa shape index (κ3) is 1.92. The fourth-order valence-electron chi connectivity index (χ4n) is 3.62. The number of rotatable bonds is 2. The summed E-state index contributed by atoms with van der Waals surface area (Å²) in [6.45, 7) is 3.80. The van der Waals surface area contributed by atoms with Crippen LogP contribution in [0.3, 0.4) is 0 Å². The number of fused-ring (bicyclic) bond motifs is 2. The Morgan fingerprint density at radius 3 is 1.81 bits per heavy atom. The quantitative estimate of drug-likeness (QED) is 0.547. The molecule has 0 spiro atoms. The summed E-state index contributed by atoms with van der Waals surface area (Å²) >= 11 is 0. The van der Waals surface area contributed by atoms with Crippen LogP contribution in [-0.2, 0) is 13.5 Å². The molecule has 2 aromatic heterocycles. The average molecular weight is 348 g/mol. The van der Waals surface area contributed by atoms with Crippen molar-refractivity contribution in [2.24, 2.45) is 7.05 Å². The highest BCUT2D eigenvalue weighted by atomic mass is 16.2. The Morgan fingerprint density at radius 2 is 1.31 bits per heavy atom. The molecule has 2 heterocycles. The van der Waals surface area contributed by atoms with Crippen molar-refractivity contribution < 1.29 is 0 Å². The van der Waals surface area contributed by atoms with Gasteiger partial charge in [-0.1, -0.05) is 25.1 Å². The summed E-state index contributed by atoms with van der Waals surface area (Å²) in [5.41, 5.74) is 0.430. The van der Waals surface area contributed by atoms with Gasteiger partial charge in [0.2, 0.25) is 0 Å². The van der Waals surface area contributed by atoms with Crippen molar-refractivity contribution in [3.05, 3.63) is 82.9 Å². The molecule has 2 aromatic carbocycles. The molecule has 0 aliphatic carbocycles. The maximum atomic E-state index is 13.0. The molecule has 0 radical (unpaired) electrons. The Bertz CT molecular complexity index is 1330. The Kier molecular flexibility index (Phi) is 3.34. The van der Waals surface area contributed by atoms with Gasteiger partial charge in [0.25, 0.3) is 22.2 Å². The van der Waals surface area contributed by atoms with Crippen LogP contribution in [-0.4, -0.2) is 9.13 Å². The van der Waals surface area contributed by atoms with E-state index in [0.717, 1.165) is 20.3 Å². The van der Waals surface area contributed by atoms with Gasteiger partial charge in [-0.15, -0.1) is 0 Å². The molecule has 0 atom stereocenters. The van der Waals surface area contributed by atoms with E-state index in [1.165, 1.54) is 19.2 Å². The smallest absolute Gasteiger partial charge is 0.266 e. The standard InChI is InChI=1S/C20H16N2O4/c1-4-11-7-5-6-10(2)16(11)22-19(25)14-8-12-13(9-15(14)20(22)26)18(24)21(3)17(12)23/h5-9H,4H2,1-3H3. The Balaban J connectivity index is 2.22. The van der Waals surface area contributed by atoms with Gasteiger partial charge in [-0.05, 0) is 36.6 Å². The Hall–Kier alpha value is -3.28. The van der Waals surface area contributed by atoms with E-state index in [0.29, 0.717) is 12.1 Å². The van der Waals surface area contributed by atoms with Crippen molar-refractivity contribution in [1.82, 2.24) is 9.13 Å². The van der Waals surface area contributed by atoms with Gasteiger partial charge in [0.1, 0.15) is 0 Å². The van der Waals surface area contributed by atoms with Crippen LogP contribution < -0.4 is 22.2 Å². The van der Waals surface area contributed by atoms with Crippen LogP contribution in [0.2, 0.25) is 0 Å². The lowest BCUT2D eigenvalue weighted by molar-refractivity contribution is 0.856. The number of benzene rings is 2. The second-order valence-electron chi connectivity index (χ2n) is 6.49. The molecule has 130 valence electrons. The van der Waals surface area contributed by atoms with E-state index >= 15 is 0 Å². The molecule has 0 aliphatic rings. The third-order valence-electron chi connectivity index (χ3n) is 5.02. The number of aromatic nitrogens is 2. The van der Waals surface area contributed by atoms with Gasteiger partial charge in [0.05, 0.1) is 27.2 Å². The van der Waals surface area contributed by atoms with Gasteiger partial charge in [-0.3, -0.25) is 23.7 Å². The van der Waals surface area contributed by atoms with Crippen molar-refractivity contribution in [1.29, 1.82) is 0 Å². The minimum atomic E-state index is -0.466. The molecule has 0 bridgehead atoms. The van der Waals surface area contributed by atoms with Gasteiger partial charge in [-0.2, -0.15) is 0 Å². The van der Waals surface area contributed by atoms with Crippen molar-refractivity contribution in [2.75, 3.05) is 0 Å². The summed E-state index contributed by atoms with van der Waals surface area (Å²) in [6.07, 6.45) is 0.669. The summed E-state index contributed by atoms with van der Waals surface area (Å²) in [5.74, 6) is 0. The zero-order valence-electron chi connectivity index (χ0n) is 14.6. The van der Waals surface area contributed by atoms with E-state index in [-0.39, 0.29) is 21.5 Å². The van der Waals surface area contributed by atoms with Crippen molar-refractivity contribution in [2.45, 2.75) is 20.3 Å². The number of nitrogens with zero attached hydrogens (tertiary/aromatic N) is 2. The van der Waals surface area contributed by atoms with Crippen molar-refractivity contribution in [3.63, 3.8) is 0 Å². The average Bonchev–Trinajstić information content (AvgIpc) is 3.00. The molecule has 6 nitrogen and oxygen atoms in total. The molecule has 0 fully saturated rings. The SMILES string of the molecule is CCc1cccc(C)c1-n1c(=O)c2cc3c(=O)n(C)c(=O)c3cc2c1=O. The Morgan fingerprint density at radius 1 is 0.808 bits per heavy atom. The van der Waals surface area contributed by atoms with Crippen LogP contribution in [0.1, 0.15) is 18.1 Å². The fourth-order valence-corrected chi connectivity index (χ4v) is 3.62. The summed E-state index contributed by atoms with van der Waals surface area (Å²) in [6, 6.07) is 8.36. The molecule has 0 amide bonds. The van der Waals surface area contributed by atoms with Crippen LogP contribution in [0, 0.1) is 6.92 Å². The minimum Gasteiger partial charge on any atom is -0.277 e. The van der Waals surface area contributed by atoms with Crippen LogP contribution in [0.5, 0.6) is 0 Å². The van der Waals surface area contributed by atoms with Crippen molar-refractivity contribution in [3.8, 4) is 5.69 Å². The first-order chi connectivity index (χ1) is 12.4. The predicted molar refractivity (Wildman–Crippen MR) is 101 cm³/mol. The molecule has 0 N–H and O–H groups in total. The maximum absolute atomic E-state index is 13.0. The highest BCUT2D eigenvalue weighted by Gasteiger charge is 2.21. The summed E-state index contributed by atoms with van der Waals surface area (Å²) in [5, 5.41) is 0.658. The first-order valence-corrected chi connectivity index (χ1v) is 8.34. The lowest BCUT2D eigenvalue weighted by Gasteiger charge is -2.10. The normalized spacial score (nSPS) is 11.7. The second kappa shape index (κ2) is 5.36. The summed E-state index contributed by atoms with van der Waals surface area (Å²) < 4.78 is 2.15. The van der Waals surface area contributed by atoms with Gasteiger partial charge < -0.3 is 0 Å². The van der Waals surface area contributed by atoms with Crippen molar-refractivity contribution >= 4 is 21.5 Å². The lowest BCUT2D eigenvalue weighted by atomic mass is 10.1. The molecule has 0 unspecified atom stereocenters. The van der Waals surface area contributed by atoms with Gasteiger partial charge in [0.15, 0.2) is 0 Å². The first-order valence-electron chi connectivity index (χ1n) is 8.34. The third-order valence-corrected chi connectivity index (χ3v) is 5.02. The minimum absolute atomic E-state index is 0.163. The van der Waals surface area contributed by atoms with Crippen LogP contribution in [0.15, 0.2) is 49.5 Å². The lowest BCUT2D eigenvalue weighted by Crippen LogP contribution is -2.25. The molecular weight excluding hydrogens is 332 g/mol. The summed E-state index contributed by atoms with van der Waals surface area (Å²) in [4.78, 5) is 50.4. The highest BCUT2D eigenvalue weighted by Crippen LogP contribution is 2.20. The van der Waals surface area contributed by atoms with E-state index in [1.807, 2.05) is 32.0 Å². The number of hydrogen-bond acceptors (Lipinski definition) is 4. The molecule has 6 heteroatoms. The number of para-hydroxylation sites is 1. The van der Waals surface area contributed by atoms with E-state index < -0.39 is 22.2 Å². The Labute approximate surface area is 147 Å². The van der Waals surface area contributed by atoms with Crippen LogP contribution in [0.25, 0.3) is 27.2 Å². The van der Waals surface area contributed by atoms with E-state index in [2.05, 4.69) is 0 Å². The van der Waals surface area contributed by atoms with E-state index in [9.17, 15) is 19.2 Å². The number of hydrogen-bond donors (Lipinski definition) is 0. The topological polar surface area (TPSA) is 78.1 Å². The number of aryl methyl sites for hydroxylation is 2. The van der Waals surface area contributed by atoms with Crippen LogP contribution >= 0.6 is 0 Å². The van der Waals surface area contributed by atoms with Gasteiger partial charge in [0, 0.05) is 7.05 Å². The maximum Gasteiger partial charge on any atom is 0.266 e. The zero-order valence-corrected chi connectivity index (χ0v) is 14.6.